The molecule has 114 valence electrons. The van der Waals surface area contributed by atoms with Gasteiger partial charge in [0.1, 0.15) is 0 Å². The number of hydrogen-bond acceptors (Lipinski definition) is 4. The van der Waals surface area contributed by atoms with Crippen molar-refractivity contribution in [3.05, 3.63) is 16.4 Å². The molecule has 0 radical (unpaired) electrons. The second-order valence-corrected chi connectivity index (χ2v) is 6.03. The van der Waals surface area contributed by atoms with Gasteiger partial charge in [-0.15, -0.1) is 0 Å². The van der Waals surface area contributed by atoms with Crippen LogP contribution in [0.5, 0.6) is 0 Å². The van der Waals surface area contributed by atoms with Crippen molar-refractivity contribution in [2.45, 2.75) is 50.9 Å². The maximum absolute atomic E-state index is 10.4. The summed E-state index contributed by atoms with van der Waals surface area (Å²) in [6.45, 7) is 2.09. The fourth-order valence-corrected chi connectivity index (χ4v) is 3.14. The number of halogens is 1. The number of aliphatic hydroxyl groups excluding tert-OH is 1. The maximum atomic E-state index is 10.4. The number of ether oxygens (including phenoxy) is 2. The molecule has 20 heavy (non-hydrogen) atoms. The Morgan fingerprint density at radius 2 is 2.45 bits per heavy atom. The van der Waals surface area contributed by atoms with E-state index in [1.54, 1.807) is 18.0 Å². The molecule has 2 heterocycles. The summed E-state index contributed by atoms with van der Waals surface area (Å²) < 4.78 is 13.4. The predicted octanol–water partition coefficient (Wildman–Crippen LogP) is 2.67. The number of nitrogens with zero attached hydrogens (tertiary/aromatic N) is 2. The second-order valence-electron chi connectivity index (χ2n) is 5.18. The molecule has 0 bridgehead atoms. The van der Waals surface area contributed by atoms with Gasteiger partial charge in [-0.1, -0.05) is 0 Å². The Bertz CT molecular complexity index is 405. The van der Waals surface area contributed by atoms with Crippen LogP contribution >= 0.6 is 15.9 Å². The van der Waals surface area contributed by atoms with Gasteiger partial charge in [0.05, 0.1) is 41.7 Å². The smallest absolute Gasteiger partial charge is 0.0969 e. The largest absolute Gasteiger partial charge is 0.387 e. The first-order valence-electron chi connectivity index (χ1n) is 7.22. The van der Waals surface area contributed by atoms with Crippen molar-refractivity contribution in [3.8, 4) is 0 Å². The monoisotopic (exact) mass is 346 g/mol. The van der Waals surface area contributed by atoms with Crippen LogP contribution in [-0.4, -0.2) is 41.3 Å². The molecule has 1 aliphatic rings. The van der Waals surface area contributed by atoms with E-state index in [0.29, 0.717) is 25.7 Å². The molecule has 1 aromatic rings. The summed E-state index contributed by atoms with van der Waals surface area (Å²) in [5.74, 6) is 0. The molecule has 0 aromatic carbocycles. The van der Waals surface area contributed by atoms with E-state index < -0.39 is 6.10 Å². The van der Waals surface area contributed by atoms with E-state index in [4.69, 9.17) is 9.47 Å². The van der Waals surface area contributed by atoms with Gasteiger partial charge in [-0.25, -0.2) is 0 Å². The lowest BCUT2D eigenvalue weighted by atomic mass is 10.0. The molecule has 1 saturated heterocycles. The van der Waals surface area contributed by atoms with Crippen LogP contribution in [0.2, 0.25) is 0 Å². The predicted molar refractivity (Wildman–Crippen MR) is 79.6 cm³/mol. The fourth-order valence-electron chi connectivity index (χ4n) is 2.57. The molecule has 0 spiro atoms. The van der Waals surface area contributed by atoms with Gasteiger partial charge in [-0.3, -0.25) is 4.68 Å². The molecular formula is C14H23BrN2O3. The van der Waals surface area contributed by atoms with Crippen molar-refractivity contribution in [3.63, 3.8) is 0 Å². The van der Waals surface area contributed by atoms with Crippen LogP contribution in [0.15, 0.2) is 10.7 Å². The van der Waals surface area contributed by atoms with Crippen LogP contribution in [0.1, 0.15) is 43.9 Å². The van der Waals surface area contributed by atoms with E-state index in [0.717, 1.165) is 36.0 Å². The third-order valence-electron chi connectivity index (χ3n) is 3.69. The summed E-state index contributed by atoms with van der Waals surface area (Å²) in [6.07, 6.45) is 6.60. The lowest BCUT2D eigenvalue weighted by molar-refractivity contribution is 0.00140. The fraction of sp³-hybridized carbons (Fsp3) is 0.786. The Morgan fingerprint density at radius 1 is 1.60 bits per heavy atom. The van der Waals surface area contributed by atoms with Gasteiger partial charge in [-0.05, 0) is 48.0 Å². The third-order valence-corrected chi connectivity index (χ3v) is 4.30. The van der Waals surface area contributed by atoms with Crippen molar-refractivity contribution in [1.29, 1.82) is 0 Å². The van der Waals surface area contributed by atoms with Crippen molar-refractivity contribution in [1.82, 2.24) is 9.78 Å². The van der Waals surface area contributed by atoms with Gasteiger partial charge < -0.3 is 14.6 Å². The van der Waals surface area contributed by atoms with Crippen LogP contribution in [0, 0.1) is 0 Å². The van der Waals surface area contributed by atoms with Crippen LogP contribution in [0.25, 0.3) is 0 Å². The molecule has 0 aliphatic carbocycles. The number of methoxy groups -OCH3 is 1. The Balaban J connectivity index is 1.90. The Kier molecular flexibility index (Phi) is 6.48. The number of hydrogen-bond donors (Lipinski definition) is 1. The van der Waals surface area contributed by atoms with Crippen molar-refractivity contribution < 1.29 is 14.6 Å². The van der Waals surface area contributed by atoms with E-state index in [-0.39, 0.29) is 0 Å². The molecule has 1 N–H and O–H groups in total. The van der Waals surface area contributed by atoms with E-state index in [2.05, 4.69) is 21.0 Å². The highest BCUT2D eigenvalue weighted by Gasteiger charge is 2.21. The minimum Gasteiger partial charge on any atom is -0.387 e. The van der Waals surface area contributed by atoms with Gasteiger partial charge in [0.15, 0.2) is 0 Å². The van der Waals surface area contributed by atoms with Crippen LogP contribution in [0.4, 0.5) is 0 Å². The highest BCUT2D eigenvalue weighted by molar-refractivity contribution is 9.10. The average molecular weight is 347 g/mol. The zero-order valence-corrected chi connectivity index (χ0v) is 13.5. The van der Waals surface area contributed by atoms with Crippen LogP contribution < -0.4 is 0 Å². The lowest BCUT2D eigenvalue weighted by Gasteiger charge is -2.23. The molecule has 6 heteroatoms. The molecule has 2 atom stereocenters. The van der Waals surface area contributed by atoms with Crippen LogP contribution in [-0.2, 0) is 16.0 Å². The molecule has 1 aliphatic heterocycles. The normalized spacial score (nSPS) is 21.1. The molecule has 1 fully saturated rings. The zero-order valence-electron chi connectivity index (χ0n) is 11.9. The second kappa shape index (κ2) is 8.12. The first kappa shape index (κ1) is 15.9. The van der Waals surface area contributed by atoms with Gasteiger partial charge in [0.2, 0.25) is 0 Å². The molecule has 0 amide bonds. The SMILES string of the molecule is COCCn1ncc(Br)c1C(O)CCC1CCCCO1. The highest BCUT2D eigenvalue weighted by Crippen LogP contribution is 2.28. The van der Waals surface area contributed by atoms with Gasteiger partial charge >= 0.3 is 0 Å². The summed E-state index contributed by atoms with van der Waals surface area (Å²) in [5.41, 5.74) is 0.831. The number of rotatable bonds is 7. The van der Waals surface area contributed by atoms with E-state index in [1.165, 1.54) is 6.42 Å². The maximum Gasteiger partial charge on any atom is 0.0969 e. The van der Waals surface area contributed by atoms with Gasteiger partial charge in [0.25, 0.3) is 0 Å². The molecule has 2 unspecified atom stereocenters. The Labute approximate surface area is 128 Å². The quantitative estimate of drug-likeness (QED) is 0.824. The molecule has 0 saturated carbocycles. The first-order chi connectivity index (χ1) is 9.72. The summed E-state index contributed by atoms with van der Waals surface area (Å²) in [4.78, 5) is 0. The summed E-state index contributed by atoms with van der Waals surface area (Å²) in [5, 5.41) is 14.7. The third kappa shape index (κ3) is 4.28. The van der Waals surface area contributed by atoms with Crippen LogP contribution in [0.3, 0.4) is 0 Å². The zero-order chi connectivity index (χ0) is 14.4. The van der Waals surface area contributed by atoms with Gasteiger partial charge in [0, 0.05) is 13.7 Å². The Morgan fingerprint density at radius 3 is 3.15 bits per heavy atom. The first-order valence-corrected chi connectivity index (χ1v) is 8.01. The van der Waals surface area contributed by atoms with E-state index >= 15 is 0 Å². The topological polar surface area (TPSA) is 56.5 Å². The standard InChI is InChI=1S/C14H23BrN2O3/c1-19-9-7-17-14(12(15)10-16-17)13(18)6-5-11-4-2-3-8-20-11/h10-11,13,18H,2-9H2,1H3. The molecule has 2 rings (SSSR count). The Hall–Kier alpha value is -0.430. The molecular weight excluding hydrogens is 324 g/mol. The number of aromatic nitrogens is 2. The van der Waals surface area contributed by atoms with E-state index in [9.17, 15) is 5.11 Å². The number of aliphatic hydroxyl groups is 1. The van der Waals surface area contributed by atoms with Gasteiger partial charge in [-0.2, -0.15) is 5.10 Å². The van der Waals surface area contributed by atoms with E-state index in [1.807, 2.05) is 0 Å². The van der Waals surface area contributed by atoms with Crippen molar-refractivity contribution >= 4 is 15.9 Å². The minimum absolute atomic E-state index is 0.299. The average Bonchev–Trinajstić information content (AvgIpc) is 2.84. The molecule has 1 aromatic heterocycles. The highest BCUT2D eigenvalue weighted by atomic mass is 79.9. The summed E-state index contributed by atoms with van der Waals surface area (Å²) in [7, 11) is 1.66. The molecule has 5 nitrogen and oxygen atoms in total. The summed E-state index contributed by atoms with van der Waals surface area (Å²) in [6, 6.07) is 0. The minimum atomic E-state index is -0.519. The lowest BCUT2D eigenvalue weighted by Crippen LogP contribution is -2.20. The van der Waals surface area contributed by atoms with Crippen molar-refractivity contribution in [2.75, 3.05) is 20.3 Å². The van der Waals surface area contributed by atoms with Crippen molar-refractivity contribution in [2.24, 2.45) is 0 Å². The summed E-state index contributed by atoms with van der Waals surface area (Å²) >= 11 is 3.46.